The Morgan fingerprint density at radius 1 is 1.56 bits per heavy atom. The number of hydrogen-bond acceptors (Lipinski definition) is 3. The van der Waals surface area contributed by atoms with E-state index in [0.717, 1.165) is 17.0 Å². The molecule has 0 bridgehead atoms. The second-order valence-electron chi connectivity index (χ2n) is 3.60. The molecule has 0 fully saturated rings. The van der Waals surface area contributed by atoms with Crippen molar-refractivity contribution in [3.8, 4) is 0 Å². The molecule has 0 amide bonds. The average molecular weight is 235 g/mol. The van der Waals surface area contributed by atoms with E-state index in [2.05, 4.69) is 9.97 Å². The van der Waals surface area contributed by atoms with Crippen LogP contribution in [0.25, 0.3) is 0 Å². The van der Waals surface area contributed by atoms with E-state index in [0.29, 0.717) is 11.3 Å². The van der Waals surface area contributed by atoms with Crippen molar-refractivity contribution in [1.29, 1.82) is 0 Å². The lowest BCUT2D eigenvalue weighted by Crippen LogP contribution is -2.07. The molecule has 0 atom stereocenters. The summed E-state index contributed by atoms with van der Waals surface area (Å²) in [7, 11) is 0. The maximum Gasteiger partial charge on any atom is 0.177 e. The Bertz CT molecular complexity index is 544. The number of aryl methyl sites for hydroxylation is 1. The van der Waals surface area contributed by atoms with Crippen LogP contribution in [0.5, 0.6) is 0 Å². The van der Waals surface area contributed by atoms with Gasteiger partial charge < -0.3 is 14.7 Å². The first-order valence-electron chi connectivity index (χ1n) is 5.01. The van der Waals surface area contributed by atoms with Crippen LogP contribution in [0.15, 0.2) is 24.5 Å². The molecule has 0 unspecified atom stereocenters. The van der Waals surface area contributed by atoms with E-state index in [-0.39, 0.29) is 6.61 Å². The van der Waals surface area contributed by atoms with Crippen molar-refractivity contribution in [3.63, 3.8) is 0 Å². The first kappa shape index (κ1) is 11.0. The zero-order valence-electron chi connectivity index (χ0n) is 8.97. The van der Waals surface area contributed by atoms with E-state index in [1.807, 2.05) is 23.6 Å². The average Bonchev–Trinajstić information content (AvgIpc) is 2.63. The van der Waals surface area contributed by atoms with Gasteiger partial charge in [-0.3, -0.25) is 4.98 Å². The second-order valence-corrected chi connectivity index (χ2v) is 3.98. The van der Waals surface area contributed by atoms with Crippen LogP contribution in [0.4, 0.5) is 0 Å². The van der Waals surface area contributed by atoms with Gasteiger partial charge in [0.25, 0.3) is 0 Å². The van der Waals surface area contributed by atoms with E-state index in [1.54, 1.807) is 12.4 Å². The molecule has 2 rings (SSSR count). The minimum atomic E-state index is -0.0287. The maximum absolute atomic E-state index is 9.17. The number of aromatic amines is 1. The summed E-state index contributed by atoms with van der Waals surface area (Å²) in [5.74, 6) is 0. The number of hydrogen-bond donors (Lipinski definition) is 2. The molecule has 2 heterocycles. The lowest BCUT2D eigenvalue weighted by molar-refractivity contribution is 0.271. The minimum Gasteiger partial charge on any atom is -0.390 e. The predicted octanol–water partition coefficient (Wildman–Crippen LogP) is 1.79. The number of nitrogens with zero attached hydrogens (tertiary/aromatic N) is 2. The van der Waals surface area contributed by atoms with Gasteiger partial charge in [-0.05, 0) is 30.8 Å². The third kappa shape index (κ3) is 2.05. The molecule has 16 heavy (non-hydrogen) atoms. The summed E-state index contributed by atoms with van der Waals surface area (Å²) < 4.78 is 2.46. The Hall–Kier alpha value is -1.46. The van der Waals surface area contributed by atoms with Crippen molar-refractivity contribution in [1.82, 2.24) is 14.5 Å². The first-order chi connectivity index (χ1) is 7.72. The molecule has 2 N–H and O–H groups in total. The number of aliphatic hydroxyl groups excluding tert-OH is 1. The van der Waals surface area contributed by atoms with Gasteiger partial charge in [0.2, 0.25) is 0 Å². The summed E-state index contributed by atoms with van der Waals surface area (Å²) in [6.45, 7) is 2.57. The number of imidazole rings is 1. The molecule has 2 aromatic heterocycles. The van der Waals surface area contributed by atoms with Gasteiger partial charge in [0.1, 0.15) is 0 Å². The molecule has 84 valence electrons. The first-order valence-corrected chi connectivity index (χ1v) is 5.41. The van der Waals surface area contributed by atoms with E-state index in [4.69, 9.17) is 12.2 Å². The number of aliphatic hydroxyl groups is 1. The zero-order chi connectivity index (χ0) is 11.5. The van der Waals surface area contributed by atoms with Gasteiger partial charge in [0.15, 0.2) is 4.77 Å². The fourth-order valence-electron chi connectivity index (χ4n) is 1.57. The van der Waals surface area contributed by atoms with Crippen LogP contribution >= 0.6 is 12.2 Å². The van der Waals surface area contributed by atoms with Crippen molar-refractivity contribution in [2.45, 2.75) is 20.1 Å². The van der Waals surface area contributed by atoms with Crippen LogP contribution in [0.2, 0.25) is 0 Å². The lowest BCUT2D eigenvalue weighted by Gasteiger charge is -2.07. The van der Waals surface area contributed by atoms with Crippen LogP contribution in [0.1, 0.15) is 17.0 Å². The van der Waals surface area contributed by atoms with Crippen molar-refractivity contribution >= 4 is 12.2 Å². The highest BCUT2D eigenvalue weighted by Crippen LogP contribution is 2.09. The third-order valence-electron chi connectivity index (χ3n) is 2.54. The fraction of sp³-hybridized carbons (Fsp3) is 0.273. The molecule has 5 heteroatoms. The van der Waals surface area contributed by atoms with Crippen LogP contribution in [0.3, 0.4) is 0 Å². The van der Waals surface area contributed by atoms with E-state index >= 15 is 0 Å². The molecule has 0 saturated heterocycles. The summed E-state index contributed by atoms with van der Waals surface area (Å²) >= 11 is 5.15. The highest BCUT2D eigenvalue weighted by Gasteiger charge is 2.06. The summed E-state index contributed by atoms with van der Waals surface area (Å²) in [6.07, 6.45) is 3.48. The zero-order valence-corrected chi connectivity index (χ0v) is 9.79. The number of rotatable bonds is 3. The maximum atomic E-state index is 9.17. The lowest BCUT2D eigenvalue weighted by atomic mass is 10.2. The largest absolute Gasteiger partial charge is 0.390 e. The summed E-state index contributed by atoms with van der Waals surface area (Å²) in [6, 6.07) is 3.92. The normalized spacial score (nSPS) is 10.6. The van der Waals surface area contributed by atoms with E-state index < -0.39 is 0 Å². The van der Waals surface area contributed by atoms with Crippen LogP contribution in [0, 0.1) is 11.7 Å². The molecule has 2 aromatic rings. The molecule has 0 saturated carbocycles. The van der Waals surface area contributed by atoms with E-state index in [9.17, 15) is 5.11 Å². The molecule has 4 nitrogen and oxygen atoms in total. The molecule has 0 spiro atoms. The molecule has 0 aromatic carbocycles. The topological polar surface area (TPSA) is 53.8 Å². The number of pyridine rings is 1. The molecular weight excluding hydrogens is 222 g/mol. The van der Waals surface area contributed by atoms with Crippen LogP contribution in [-0.4, -0.2) is 19.6 Å². The Labute approximate surface area is 98.6 Å². The smallest absolute Gasteiger partial charge is 0.177 e. The number of nitrogens with one attached hydrogen (secondary N) is 1. The summed E-state index contributed by atoms with van der Waals surface area (Å²) in [5, 5.41) is 9.17. The van der Waals surface area contributed by atoms with Gasteiger partial charge in [0.05, 0.1) is 24.5 Å². The van der Waals surface area contributed by atoms with Gasteiger partial charge in [-0.15, -0.1) is 0 Å². The van der Waals surface area contributed by atoms with Gasteiger partial charge in [-0.1, -0.05) is 6.07 Å². The fourth-order valence-corrected chi connectivity index (χ4v) is 1.81. The van der Waals surface area contributed by atoms with Crippen molar-refractivity contribution in [3.05, 3.63) is 46.2 Å². The van der Waals surface area contributed by atoms with Crippen molar-refractivity contribution in [2.24, 2.45) is 0 Å². The quantitative estimate of drug-likeness (QED) is 0.797. The Morgan fingerprint density at radius 2 is 2.38 bits per heavy atom. The standard InChI is InChI=1S/C11H13N3OS/c1-8-3-2-4-12-10(8)6-14-9(7-15)5-13-11(14)16/h2-5,15H,6-7H2,1H3,(H,13,16). The summed E-state index contributed by atoms with van der Waals surface area (Å²) in [4.78, 5) is 7.22. The SMILES string of the molecule is Cc1cccnc1Cn1c(CO)c[nH]c1=S. The van der Waals surface area contributed by atoms with Gasteiger partial charge in [-0.25, -0.2) is 0 Å². The van der Waals surface area contributed by atoms with E-state index in [1.165, 1.54) is 0 Å². The van der Waals surface area contributed by atoms with Crippen LogP contribution in [-0.2, 0) is 13.2 Å². The molecule has 0 aliphatic carbocycles. The monoisotopic (exact) mass is 235 g/mol. The second kappa shape index (κ2) is 4.59. The highest BCUT2D eigenvalue weighted by molar-refractivity contribution is 7.71. The Morgan fingerprint density at radius 3 is 3.06 bits per heavy atom. The van der Waals surface area contributed by atoms with Gasteiger partial charge in [0, 0.05) is 12.4 Å². The van der Waals surface area contributed by atoms with Crippen molar-refractivity contribution < 1.29 is 5.11 Å². The summed E-state index contributed by atoms with van der Waals surface area (Å²) in [5.41, 5.74) is 2.86. The Balaban J connectivity index is 2.37. The number of H-pyrrole nitrogens is 1. The molecular formula is C11H13N3OS. The number of aromatic nitrogens is 3. The molecule has 0 radical (unpaired) electrons. The Kier molecular flexibility index (Phi) is 3.17. The van der Waals surface area contributed by atoms with Gasteiger partial charge in [-0.2, -0.15) is 0 Å². The molecule has 0 aliphatic rings. The van der Waals surface area contributed by atoms with Crippen molar-refractivity contribution in [2.75, 3.05) is 0 Å². The van der Waals surface area contributed by atoms with Crippen LogP contribution < -0.4 is 0 Å². The van der Waals surface area contributed by atoms with Gasteiger partial charge >= 0.3 is 0 Å². The minimum absolute atomic E-state index is 0.0287. The highest BCUT2D eigenvalue weighted by atomic mass is 32.1. The predicted molar refractivity (Wildman–Crippen MR) is 63.6 cm³/mol. The third-order valence-corrected chi connectivity index (χ3v) is 2.88. The molecule has 0 aliphatic heterocycles.